The molecule has 1 heterocycles. The van der Waals surface area contributed by atoms with Gasteiger partial charge in [-0.05, 0) is 43.0 Å². The van der Waals surface area contributed by atoms with Gasteiger partial charge in [0.1, 0.15) is 0 Å². The summed E-state index contributed by atoms with van der Waals surface area (Å²) in [7, 11) is 0. The second kappa shape index (κ2) is 2.18. The molecule has 1 N–H and O–H groups in total. The molecule has 0 aromatic carbocycles. The lowest BCUT2D eigenvalue weighted by Gasteiger charge is -2.22. The Balaban J connectivity index is 2.40. The molecule has 12 heavy (non-hydrogen) atoms. The summed E-state index contributed by atoms with van der Waals surface area (Å²) in [6.07, 6.45) is 2.37. The number of nitrogens with one attached hydrogen (secondary N) is 1. The first-order chi connectivity index (χ1) is 5.62. The van der Waals surface area contributed by atoms with Gasteiger partial charge in [0.2, 0.25) is 0 Å². The van der Waals surface area contributed by atoms with Gasteiger partial charge < -0.3 is 0 Å². The lowest BCUT2D eigenvalue weighted by atomic mass is 9.99. The van der Waals surface area contributed by atoms with E-state index in [0.29, 0.717) is 5.92 Å². The number of tetrazole rings is 1. The van der Waals surface area contributed by atoms with Crippen LogP contribution in [0.25, 0.3) is 0 Å². The fraction of sp³-hybridized carbons (Fsp3) is 0.857. The van der Waals surface area contributed by atoms with Gasteiger partial charge in [-0.3, -0.25) is 0 Å². The molecule has 0 atom stereocenters. The lowest BCUT2D eigenvalue weighted by Crippen LogP contribution is -2.37. The Morgan fingerprint density at radius 1 is 1.58 bits per heavy atom. The fourth-order valence-electron chi connectivity index (χ4n) is 1.54. The summed E-state index contributed by atoms with van der Waals surface area (Å²) < 4.78 is 1.44. The summed E-state index contributed by atoms with van der Waals surface area (Å²) in [6.45, 7) is 4.04. The second-order valence-electron chi connectivity index (χ2n) is 3.85. The molecule has 1 fully saturated rings. The third kappa shape index (κ3) is 0.964. The summed E-state index contributed by atoms with van der Waals surface area (Å²) in [6, 6.07) is 0. The molecular weight excluding hydrogens is 156 g/mol. The molecular formula is C7H12N4O. The van der Waals surface area contributed by atoms with E-state index in [-0.39, 0.29) is 11.2 Å². The minimum Gasteiger partial charge on any atom is -0.244 e. The van der Waals surface area contributed by atoms with Crippen molar-refractivity contribution >= 4 is 0 Å². The number of hydrogen-bond donors (Lipinski definition) is 1. The first kappa shape index (κ1) is 7.52. The van der Waals surface area contributed by atoms with E-state index in [1.807, 2.05) is 13.8 Å². The van der Waals surface area contributed by atoms with Gasteiger partial charge in [-0.25, -0.2) is 9.89 Å². The molecule has 0 amide bonds. The normalized spacial score (nSPS) is 18.2. The molecule has 0 saturated heterocycles. The van der Waals surface area contributed by atoms with Crippen molar-refractivity contribution in [3.8, 4) is 0 Å². The van der Waals surface area contributed by atoms with E-state index in [4.69, 9.17) is 0 Å². The SMILES string of the molecule is CC(C)(C1CC1)n1nn[nH]c1=O. The number of aromatic nitrogens is 4. The van der Waals surface area contributed by atoms with Crippen molar-refractivity contribution in [2.45, 2.75) is 32.2 Å². The zero-order valence-electron chi connectivity index (χ0n) is 7.24. The Hall–Kier alpha value is -1.13. The highest BCUT2D eigenvalue weighted by Gasteiger charge is 2.41. The molecule has 0 aliphatic heterocycles. The quantitative estimate of drug-likeness (QED) is 0.681. The zero-order chi connectivity index (χ0) is 8.77. The molecule has 1 aromatic heterocycles. The Kier molecular flexibility index (Phi) is 1.37. The van der Waals surface area contributed by atoms with E-state index in [2.05, 4.69) is 15.5 Å². The largest absolute Gasteiger partial charge is 0.361 e. The van der Waals surface area contributed by atoms with Crippen LogP contribution in [-0.4, -0.2) is 20.2 Å². The molecule has 1 aliphatic rings. The van der Waals surface area contributed by atoms with Gasteiger partial charge in [-0.1, -0.05) is 0 Å². The van der Waals surface area contributed by atoms with Gasteiger partial charge >= 0.3 is 5.69 Å². The first-order valence-electron chi connectivity index (χ1n) is 4.13. The summed E-state index contributed by atoms with van der Waals surface area (Å²) in [5.41, 5.74) is -0.392. The zero-order valence-corrected chi connectivity index (χ0v) is 7.24. The summed E-state index contributed by atoms with van der Waals surface area (Å²) in [4.78, 5) is 11.2. The van der Waals surface area contributed by atoms with Crippen LogP contribution in [0.3, 0.4) is 0 Å². The second-order valence-corrected chi connectivity index (χ2v) is 3.85. The number of nitrogens with zero attached hydrogens (tertiary/aromatic N) is 3. The van der Waals surface area contributed by atoms with Crippen molar-refractivity contribution in [3.05, 3.63) is 10.5 Å². The predicted octanol–water partition coefficient (Wildman–Crippen LogP) is 0.111. The molecule has 0 spiro atoms. The van der Waals surface area contributed by atoms with Crippen molar-refractivity contribution in [2.75, 3.05) is 0 Å². The Morgan fingerprint density at radius 2 is 2.25 bits per heavy atom. The van der Waals surface area contributed by atoms with Crippen LogP contribution in [-0.2, 0) is 5.54 Å². The van der Waals surface area contributed by atoms with E-state index < -0.39 is 0 Å². The average Bonchev–Trinajstić information content (AvgIpc) is 2.75. The van der Waals surface area contributed by atoms with Gasteiger partial charge in [-0.2, -0.15) is 4.68 Å². The highest BCUT2D eigenvalue weighted by Crippen LogP contribution is 2.42. The summed E-state index contributed by atoms with van der Waals surface area (Å²) in [5.74, 6) is 0.584. The monoisotopic (exact) mass is 168 g/mol. The van der Waals surface area contributed by atoms with Crippen LogP contribution in [0, 0.1) is 5.92 Å². The van der Waals surface area contributed by atoms with Crippen molar-refractivity contribution in [2.24, 2.45) is 5.92 Å². The molecule has 1 aliphatic carbocycles. The fourth-order valence-corrected chi connectivity index (χ4v) is 1.54. The topological polar surface area (TPSA) is 63.6 Å². The minimum absolute atomic E-state index is 0.177. The molecule has 0 radical (unpaired) electrons. The van der Waals surface area contributed by atoms with Gasteiger partial charge in [0, 0.05) is 0 Å². The molecule has 2 rings (SSSR count). The smallest absolute Gasteiger partial charge is 0.244 e. The Bertz CT molecular complexity index is 333. The van der Waals surface area contributed by atoms with Crippen LogP contribution >= 0.6 is 0 Å². The lowest BCUT2D eigenvalue weighted by molar-refractivity contribution is 0.260. The van der Waals surface area contributed by atoms with Gasteiger partial charge in [-0.15, -0.1) is 0 Å². The standard InChI is InChI=1S/C7H12N4O/c1-7(2,5-3-4-5)11-6(12)8-9-10-11/h5H,3-4H2,1-2H3,(H,8,10,12). The van der Waals surface area contributed by atoms with E-state index in [1.54, 1.807) is 0 Å². The number of rotatable bonds is 2. The highest BCUT2D eigenvalue weighted by molar-refractivity contribution is 4.91. The minimum atomic E-state index is -0.216. The summed E-state index contributed by atoms with van der Waals surface area (Å²) >= 11 is 0. The number of aromatic amines is 1. The molecule has 5 nitrogen and oxygen atoms in total. The summed E-state index contributed by atoms with van der Waals surface area (Å²) in [5, 5.41) is 9.52. The number of H-pyrrole nitrogens is 1. The Morgan fingerprint density at radius 3 is 2.67 bits per heavy atom. The van der Waals surface area contributed by atoms with E-state index in [1.165, 1.54) is 17.5 Å². The maximum atomic E-state index is 11.2. The number of hydrogen-bond acceptors (Lipinski definition) is 3. The van der Waals surface area contributed by atoms with Crippen LogP contribution < -0.4 is 5.69 Å². The van der Waals surface area contributed by atoms with Gasteiger partial charge in [0.25, 0.3) is 0 Å². The van der Waals surface area contributed by atoms with Crippen molar-refractivity contribution in [3.63, 3.8) is 0 Å². The van der Waals surface area contributed by atoms with Crippen LogP contribution in [0.1, 0.15) is 26.7 Å². The van der Waals surface area contributed by atoms with E-state index in [0.717, 1.165) is 0 Å². The van der Waals surface area contributed by atoms with Crippen LogP contribution in [0.4, 0.5) is 0 Å². The molecule has 0 bridgehead atoms. The third-order valence-corrected chi connectivity index (χ3v) is 2.59. The maximum Gasteiger partial charge on any atom is 0.361 e. The van der Waals surface area contributed by atoms with E-state index in [9.17, 15) is 4.79 Å². The van der Waals surface area contributed by atoms with Crippen LogP contribution in [0.5, 0.6) is 0 Å². The third-order valence-electron chi connectivity index (χ3n) is 2.59. The highest BCUT2D eigenvalue weighted by atomic mass is 16.2. The first-order valence-corrected chi connectivity index (χ1v) is 4.13. The molecule has 66 valence electrons. The van der Waals surface area contributed by atoms with Crippen molar-refractivity contribution in [1.29, 1.82) is 0 Å². The predicted molar refractivity (Wildman–Crippen MR) is 42.7 cm³/mol. The average molecular weight is 168 g/mol. The van der Waals surface area contributed by atoms with Crippen molar-refractivity contribution < 1.29 is 0 Å². The molecule has 5 heteroatoms. The van der Waals surface area contributed by atoms with Gasteiger partial charge in [0.05, 0.1) is 5.54 Å². The van der Waals surface area contributed by atoms with Crippen LogP contribution in [0.2, 0.25) is 0 Å². The molecule has 1 saturated carbocycles. The van der Waals surface area contributed by atoms with Crippen molar-refractivity contribution in [1.82, 2.24) is 20.2 Å². The molecule has 1 aromatic rings. The Labute approximate surface area is 69.8 Å². The van der Waals surface area contributed by atoms with Crippen LogP contribution in [0.15, 0.2) is 4.79 Å². The molecule has 0 unspecified atom stereocenters. The maximum absolute atomic E-state index is 11.2. The van der Waals surface area contributed by atoms with E-state index >= 15 is 0 Å². The van der Waals surface area contributed by atoms with Gasteiger partial charge in [0.15, 0.2) is 0 Å².